The molecule has 1 aromatic carbocycles. The SMILES string of the molecule is CCCNC(=O)N(C(=O)N(C)C)c1ccccc1. The molecule has 4 amide bonds. The number of carbonyl (C=O) groups excluding carboxylic acids is 2. The van der Waals surface area contributed by atoms with Crippen LogP contribution in [0.15, 0.2) is 30.3 Å². The molecule has 0 heterocycles. The zero-order valence-corrected chi connectivity index (χ0v) is 11.0. The molecule has 1 N–H and O–H groups in total. The van der Waals surface area contributed by atoms with E-state index in [1.54, 1.807) is 38.4 Å². The van der Waals surface area contributed by atoms with Crippen LogP contribution in [0.3, 0.4) is 0 Å². The van der Waals surface area contributed by atoms with Crippen LogP contribution in [0, 0.1) is 0 Å². The Kier molecular flexibility index (Phi) is 5.17. The summed E-state index contributed by atoms with van der Waals surface area (Å²) >= 11 is 0. The number of anilines is 1. The van der Waals surface area contributed by atoms with Crippen LogP contribution < -0.4 is 10.2 Å². The van der Waals surface area contributed by atoms with E-state index in [1.165, 1.54) is 4.90 Å². The summed E-state index contributed by atoms with van der Waals surface area (Å²) in [6, 6.07) is 8.11. The molecule has 0 fully saturated rings. The van der Waals surface area contributed by atoms with E-state index in [1.807, 2.05) is 13.0 Å². The predicted molar refractivity (Wildman–Crippen MR) is 71.7 cm³/mol. The third-order valence-electron chi connectivity index (χ3n) is 2.32. The van der Waals surface area contributed by atoms with Gasteiger partial charge in [-0.1, -0.05) is 25.1 Å². The molecule has 0 aliphatic rings. The van der Waals surface area contributed by atoms with Gasteiger partial charge in [0.25, 0.3) is 0 Å². The Morgan fingerprint density at radius 2 is 1.78 bits per heavy atom. The van der Waals surface area contributed by atoms with Crippen LogP contribution in [0.4, 0.5) is 15.3 Å². The summed E-state index contributed by atoms with van der Waals surface area (Å²) in [7, 11) is 3.23. The van der Waals surface area contributed by atoms with Gasteiger partial charge in [0, 0.05) is 20.6 Å². The molecule has 0 spiro atoms. The number of imide groups is 1. The lowest BCUT2D eigenvalue weighted by Crippen LogP contribution is -2.48. The summed E-state index contributed by atoms with van der Waals surface area (Å²) in [5, 5.41) is 2.71. The van der Waals surface area contributed by atoms with Crippen molar-refractivity contribution in [2.45, 2.75) is 13.3 Å². The number of urea groups is 2. The van der Waals surface area contributed by atoms with Crippen LogP contribution in [0.5, 0.6) is 0 Å². The van der Waals surface area contributed by atoms with Gasteiger partial charge in [-0.05, 0) is 18.6 Å². The van der Waals surface area contributed by atoms with Gasteiger partial charge in [0.05, 0.1) is 5.69 Å². The zero-order chi connectivity index (χ0) is 13.5. The second-order valence-electron chi connectivity index (χ2n) is 4.08. The average molecular weight is 249 g/mol. The Balaban J connectivity index is 2.96. The first-order chi connectivity index (χ1) is 8.57. The van der Waals surface area contributed by atoms with Gasteiger partial charge in [-0.2, -0.15) is 0 Å². The summed E-state index contributed by atoms with van der Waals surface area (Å²) in [6.07, 6.45) is 0.824. The van der Waals surface area contributed by atoms with Gasteiger partial charge in [0.15, 0.2) is 0 Å². The Morgan fingerprint density at radius 1 is 1.17 bits per heavy atom. The van der Waals surface area contributed by atoms with Crippen molar-refractivity contribution < 1.29 is 9.59 Å². The van der Waals surface area contributed by atoms with Crippen molar-refractivity contribution in [2.75, 3.05) is 25.5 Å². The Hall–Kier alpha value is -2.04. The molecule has 0 aromatic heterocycles. The van der Waals surface area contributed by atoms with Crippen molar-refractivity contribution in [2.24, 2.45) is 0 Å². The standard InChI is InChI=1S/C13H19N3O2/c1-4-10-14-12(17)16(13(18)15(2)3)11-8-6-5-7-9-11/h5-9H,4,10H2,1-3H3,(H,14,17). The van der Waals surface area contributed by atoms with E-state index >= 15 is 0 Å². The third kappa shape index (κ3) is 3.48. The molecular formula is C13H19N3O2. The molecule has 5 nitrogen and oxygen atoms in total. The number of hydrogen-bond donors (Lipinski definition) is 1. The number of carbonyl (C=O) groups is 2. The molecule has 1 aromatic rings. The Bertz CT molecular complexity index is 404. The highest BCUT2D eigenvalue weighted by molar-refractivity contribution is 6.13. The van der Waals surface area contributed by atoms with Gasteiger partial charge < -0.3 is 10.2 Å². The smallest absolute Gasteiger partial charge is 0.332 e. The van der Waals surface area contributed by atoms with Crippen LogP contribution in [-0.2, 0) is 0 Å². The highest BCUT2D eigenvalue weighted by Crippen LogP contribution is 2.14. The fraction of sp³-hybridized carbons (Fsp3) is 0.385. The van der Waals surface area contributed by atoms with E-state index in [-0.39, 0.29) is 6.03 Å². The van der Waals surface area contributed by atoms with Gasteiger partial charge in [0.2, 0.25) is 0 Å². The first-order valence-electron chi connectivity index (χ1n) is 5.92. The molecule has 98 valence electrons. The molecule has 18 heavy (non-hydrogen) atoms. The molecule has 0 unspecified atom stereocenters. The minimum Gasteiger partial charge on any atom is -0.337 e. The van der Waals surface area contributed by atoms with E-state index in [4.69, 9.17) is 0 Å². The molecule has 0 radical (unpaired) electrons. The summed E-state index contributed by atoms with van der Waals surface area (Å²) in [4.78, 5) is 26.6. The number of benzene rings is 1. The Morgan fingerprint density at radius 3 is 2.28 bits per heavy atom. The molecule has 0 bridgehead atoms. The Labute approximate surface area is 107 Å². The second-order valence-corrected chi connectivity index (χ2v) is 4.08. The van der Waals surface area contributed by atoms with Gasteiger partial charge in [-0.25, -0.2) is 14.5 Å². The lowest BCUT2D eigenvalue weighted by Gasteiger charge is -2.24. The van der Waals surface area contributed by atoms with Crippen LogP contribution in [0.1, 0.15) is 13.3 Å². The number of amides is 4. The van der Waals surface area contributed by atoms with E-state index in [2.05, 4.69) is 5.32 Å². The molecule has 0 saturated carbocycles. The van der Waals surface area contributed by atoms with E-state index in [0.717, 1.165) is 11.3 Å². The average Bonchev–Trinajstić information content (AvgIpc) is 2.37. The van der Waals surface area contributed by atoms with Gasteiger partial charge >= 0.3 is 12.1 Å². The fourth-order valence-electron chi connectivity index (χ4n) is 1.40. The summed E-state index contributed by atoms with van der Waals surface area (Å²) in [5.41, 5.74) is 0.560. The molecular weight excluding hydrogens is 230 g/mol. The molecule has 0 atom stereocenters. The lowest BCUT2D eigenvalue weighted by molar-refractivity contribution is 0.218. The number of rotatable bonds is 3. The lowest BCUT2D eigenvalue weighted by atomic mass is 10.3. The van der Waals surface area contributed by atoms with Crippen molar-refractivity contribution in [3.63, 3.8) is 0 Å². The minimum atomic E-state index is -0.401. The summed E-state index contributed by atoms with van der Waals surface area (Å²) in [5.74, 6) is 0. The highest BCUT2D eigenvalue weighted by Gasteiger charge is 2.24. The molecule has 1 rings (SSSR count). The minimum absolute atomic E-state index is 0.366. The number of hydrogen-bond acceptors (Lipinski definition) is 2. The highest BCUT2D eigenvalue weighted by atomic mass is 16.2. The van der Waals surface area contributed by atoms with Gasteiger partial charge in [-0.3, -0.25) is 0 Å². The third-order valence-corrected chi connectivity index (χ3v) is 2.32. The normalized spacial score (nSPS) is 9.72. The maximum atomic E-state index is 12.0. The van der Waals surface area contributed by atoms with Crippen molar-refractivity contribution in [3.8, 4) is 0 Å². The monoisotopic (exact) mass is 249 g/mol. The molecule has 0 saturated heterocycles. The summed E-state index contributed by atoms with van der Waals surface area (Å²) < 4.78 is 0. The predicted octanol–water partition coefficient (Wildman–Crippen LogP) is 2.29. The van der Waals surface area contributed by atoms with Crippen LogP contribution >= 0.6 is 0 Å². The van der Waals surface area contributed by atoms with Crippen LogP contribution in [-0.4, -0.2) is 37.6 Å². The first-order valence-corrected chi connectivity index (χ1v) is 5.92. The zero-order valence-electron chi connectivity index (χ0n) is 11.0. The van der Waals surface area contributed by atoms with Gasteiger partial charge in [0.1, 0.15) is 0 Å². The molecule has 0 aliphatic carbocycles. The van der Waals surface area contributed by atoms with Crippen LogP contribution in [0.25, 0.3) is 0 Å². The van der Waals surface area contributed by atoms with E-state index in [9.17, 15) is 9.59 Å². The number of para-hydroxylation sites is 1. The van der Waals surface area contributed by atoms with Crippen molar-refractivity contribution in [1.29, 1.82) is 0 Å². The number of nitrogens with one attached hydrogen (secondary N) is 1. The summed E-state index contributed by atoms with van der Waals surface area (Å²) in [6.45, 7) is 2.50. The fourth-order valence-corrected chi connectivity index (χ4v) is 1.40. The molecule has 0 aliphatic heterocycles. The van der Waals surface area contributed by atoms with E-state index in [0.29, 0.717) is 12.2 Å². The maximum absolute atomic E-state index is 12.0. The second kappa shape index (κ2) is 6.64. The molecule has 5 heteroatoms. The van der Waals surface area contributed by atoms with Crippen molar-refractivity contribution >= 4 is 17.7 Å². The largest absolute Gasteiger partial charge is 0.337 e. The number of nitrogens with zero attached hydrogens (tertiary/aromatic N) is 2. The quantitative estimate of drug-likeness (QED) is 0.893. The maximum Gasteiger partial charge on any atom is 0.332 e. The van der Waals surface area contributed by atoms with Crippen LogP contribution in [0.2, 0.25) is 0 Å². The van der Waals surface area contributed by atoms with Gasteiger partial charge in [-0.15, -0.1) is 0 Å². The van der Waals surface area contributed by atoms with Crippen molar-refractivity contribution in [1.82, 2.24) is 10.2 Å². The first kappa shape index (κ1) is 14.0. The topological polar surface area (TPSA) is 52.7 Å². The van der Waals surface area contributed by atoms with Crippen molar-refractivity contribution in [3.05, 3.63) is 30.3 Å². The van der Waals surface area contributed by atoms with E-state index < -0.39 is 6.03 Å².